The van der Waals surface area contributed by atoms with E-state index in [-0.39, 0.29) is 17.5 Å². The molecular weight excluding hydrogens is 627 g/mol. The van der Waals surface area contributed by atoms with Gasteiger partial charge in [0.25, 0.3) is 6.71 Å². The zero-order chi connectivity index (χ0) is 35.9. The van der Waals surface area contributed by atoms with Crippen molar-refractivity contribution < 1.29 is 0 Å². The zero-order valence-electron chi connectivity index (χ0n) is 31.8. The molecule has 1 aliphatic carbocycles. The second kappa shape index (κ2) is 12.0. The van der Waals surface area contributed by atoms with E-state index in [1.807, 2.05) is 0 Å². The maximum absolute atomic E-state index is 2.62. The van der Waals surface area contributed by atoms with Gasteiger partial charge in [0.15, 0.2) is 0 Å². The number of para-hydroxylation sites is 2. The Morgan fingerprint density at radius 2 is 1.10 bits per heavy atom. The Morgan fingerprint density at radius 3 is 1.69 bits per heavy atom. The third kappa shape index (κ3) is 5.31. The van der Waals surface area contributed by atoms with Gasteiger partial charge in [-0.1, -0.05) is 126 Å². The van der Waals surface area contributed by atoms with Crippen LogP contribution in [0.15, 0.2) is 127 Å². The first-order chi connectivity index (χ1) is 25.0. The maximum atomic E-state index is 2.62. The highest BCUT2D eigenvalue weighted by atomic mass is 15.2. The number of hydrogen-bond donors (Lipinski definition) is 0. The molecule has 0 aromatic heterocycles. The average molecular weight is 677 g/mol. The Bertz CT molecular complexity index is 2310. The fourth-order valence-electron chi connectivity index (χ4n) is 9.08. The van der Waals surface area contributed by atoms with E-state index in [4.69, 9.17) is 0 Å². The number of rotatable bonds is 3. The van der Waals surface area contributed by atoms with Crippen LogP contribution < -0.4 is 26.2 Å². The van der Waals surface area contributed by atoms with Crippen LogP contribution in [-0.2, 0) is 17.3 Å². The Balaban J connectivity index is 1.39. The first-order valence-electron chi connectivity index (χ1n) is 19.2. The molecule has 6 aromatic carbocycles. The largest absolute Gasteiger partial charge is 0.311 e. The molecule has 1 atom stereocenters. The van der Waals surface area contributed by atoms with E-state index in [0.29, 0.717) is 5.92 Å². The van der Waals surface area contributed by atoms with Crippen LogP contribution in [0.25, 0.3) is 0 Å². The topological polar surface area (TPSA) is 6.48 Å². The van der Waals surface area contributed by atoms with Crippen molar-refractivity contribution in [2.75, 3.05) is 9.80 Å². The SMILES string of the molecule is Cc1ccc(N2c3ccccc3B3c4ccccc4N(c4cc(C(C)(C)C)cc(C(C)(C)C)c4)c4cc(C5CCCc6ccccc65)cc2c43)cc1. The molecule has 6 aromatic rings. The van der Waals surface area contributed by atoms with Crippen LogP contribution in [0.3, 0.4) is 0 Å². The molecule has 2 nitrogen and oxygen atoms in total. The first-order valence-corrected chi connectivity index (χ1v) is 19.2. The fourth-order valence-corrected chi connectivity index (χ4v) is 9.08. The molecule has 2 heterocycles. The lowest BCUT2D eigenvalue weighted by molar-refractivity contribution is 0.569. The van der Waals surface area contributed by atoms with Gasteiger partial charge in [-0.15, -0.1) is 0 Å². The number of nitrogens with zero attached hydrogens (tertiary/aromatic N) is 2. The maximum Gasteiger partial charge on any atom is 0.252 e. The Labute approximate surface area is 311 Å². The predicted octanol–water partition coefficient (Wildman–Crippen LogP) is 11.1. The van der Waals surface area contributed by atoms with Gasteiger partial charge in [-0.25, -0.2) is 0 Å². The average Bonchev–Trinajstić information content (AvgIpc) is 3.14. The lowest BCUT2D eigenvalue weighted by Crippen LogP contribution is -2.61. The van der Waals surface area contributed by atoms with Crippen molar-refractivity contribution in [2.24, 2.45) is 0 Å². The van der Waals surface area contributed by atoms with E-state index in [0.717, 1.165) is 12.8 Å². The quantitative estimate of drug-likeness (QED) is 0.172. The minimum absolute atomic E-state index is 0.00210. The molecule has 2 aliphatic heterocycles. The Kier molecular flexibility index (Phi) is 7.60. The van der Waals surface area contributed by atoms with Crippen molar-refractivity contribution >= 4 is 57.2 Å². The predicted molar refractivity (Wildman–Crippen MR) is 224 cm³/mol. The van der Waals surface area contributed by atoms with Gasteiger partial charge in [0.1, 0.15) is 0 Å². The van der Waals surface area contributed by atoms with Gasteiger partial charge in [0, 0.05) is 40.0 Å². The molecule has 1 unspecified atom stereocenters. The van der Waals surface area contributed by atoms with Crippen LogP contribution in [0.5, 0.6) is 0 Å². The van der Waals surface area contributed by atoms with Gasteiger partial charge in [-0.05, 0) is 130 Å². The summed E-state index contributed by atoms with van der Waals surface area (Å²) >= 11 is 0. The standard InChI is InChI=1S/C49H49BN2/c1-32-23-25-37(26-24-32)51-43-21-12-10-19-41(43)50-42-20-11-13-22-44(42)52(38-30-35(48(2,3)4)29-36(31-38)49(5,6)7)46-28-34(27-45(51)47(46)50)40-18-14-16-33-15-8-9-17-39(33)40/h8-13,15,17,19-31,40H,14,16,18H2,1-7H3. The van der Waals surface area contributed by atoms with Gasteiger partial charge in [-0.3, -0.25) is 0 Å². The van der Waals surface area contributed by atoms with E-state index in [2.05, 4.69) is 186 Å². The Morgan fingerprint density at radius 1 is 0.558 bits per heavy atom. The van der Waals surface area contributed by atoms with Crippen molar-refractivity contribution in [3.8, 4) is 0 Å². The summed E-state index contributed by atoms with van der Waals surface area (Å²) in [6.45, 7) is 16.4. The van der Waals surface area contributed by atoms with Crippen LogP contribution >= 0.6 is 0 Å². The zero-order valence-corrected chi connectivity index (χ0v) is 31.8. The third-order valence-electron chi connectivity index (χ3n) is 11.9. The monoisotopic (exact) mass is 676 g/mol. The highest BCUT2D eigenvalue weighted by Gasteiger charge is 2.44. The molecule has 0 spiro atoms. The third-order valence-corrected chi connectivity index (χ3v) is 11.9. The van der Waals surface area contributed by atoms with Gasteiger partial charge >= 0.3 is 0 Å². The molecule has 9 rings (SSSR count). The number of anilines is 6. The van der Waals surface area contributed by atoms with E-state index >= 15 is 0 Å². The van der Waals surface area contributed by atoms with Gasteiger partial charge in [-0.2, -0.15) is 0 Å². The fraction of sp³-hybridized carbons (Fsp3) is 0.265. The number of hydrogen-bond acceptors (Lipinski definition) is 2. The van der Waals surface area contributed by atoms with Gasteiger partial charge in [0.2, 0.25) is 0 Å². The van der Waals surface area contributed by atoms with E-state index in [1.54, 1.807) is 0 Å². The number of fused-ring (bicyclic) bond motifs is 5. The van der Waals surface area contributed by atoms with E-state index < -0.39 is 0 Å². The molecule has 0 fully saturated rings. The lowest BCUT2D eigenvalue weighted by Gasteiger charge is -2.45. The van der Waals surface area contributed by atoms with Gasteiger partial charge in [0.05, 0.1) is 0 Å². The van der Waals surface area contributed by atoms with Crippen molar-refractivity contribution in [1.82, 2.24) is 0 Å². The lowest BCUT2D eigenvalue weighted by atomic mass is 9.33. The highest BCUT2D eigenvalue weighted by Crippen LogP contribution is 2.48. The molecule has 0 amide bonds. The molecule has 0 radical (unpaired) electrons. The summed E-state index contributed by atoms with van der Waals surface area (Å²) in [6.07, 6.45) is 3.52. The minimum atomic E-state index is 0.00210. The van der Waals surface area contributed by atoms with Crippen molar-refractivity contribution in [3.63, 3.8) is 0 Å². The summed E-state index contributed by atoms with van der Waals surface area (Å²) in [5.74, 6) is 0.340. The molecule has 0 bridgehead atoms. The molecule has 52 heavy (non-hydrogen) atoms. The summed E-state index contributed by atoms with van der Waals surface area (Å²) in [6, 6.07) is 49.1. The highest BCUT2D eigenvalue weighted by molar-refractivity contribution is 7.00. The minimum Gasteiger partial charge on any atom is -0.311 e. The number of aryl methyl sites for hydroxylation is 2. The summed E-state index contributed by atoms with van der Waals surface area (Å²) in [7, 11) is 0. The van der Waals surface area contributed by atoms with Crippen molar-refractivity contribution in [1.29, 1.82) is 0 Å². The van der Waals surface area contributed by atoms with E-state index in [9.17, 15) is 0 Å². The normalized spacial score (nSPS) is 16.2. The second-order valence-corrected chi connectivity index (χ2v) is 17.4. The molecular formula is C49H49BN2. The second-order valence-electron chi connectivity index (χ2n) is 17.4. The van der Waals surface area contributed by atoms with Crippen molar-refractivity contribution in [2.45, 2.75) is 84.5 Å². The molecule has 0 saturated carbocycles. The van der Waals surface area contributed by atoms with Crippen LogP contribution in [0, 0.1) is 6.92 Å². The summed E-state index contributed by atoms with van der Waals surface area (Å²) in [5.41, 5.74) is 20.1. The van der Waals surface area contributed by atoms with E-state index in [1.165, 1.54) is 90.3 Å². The molecule has 3 aliphatic rings. The summed E-state index contributed by atoms with van der Waals surface area (Å²) < 4.78 is 0. The molecule has 0 N–H and O–H groups in total. The first kappa shape index (κ1) is 32.9. The summed E-state index contributed by atoms with van der Waals surface area (Å²) in [4.78, 5) is 5.18. The number of benzene rings is 6. The molecule has 258 valence electrons. The molecule has 3 heteroatoms. The van der Waals surface area contributed by atoms with Crippen LogP contribution in [-0.4, -0.2) is 6.71 Å². The summed E-state index contributed by atoms with van der Waals surface area (Å²) in [5, 5.41) is 0. The Hall–Kier alpha value is -5.02. The van der Waals surface area contributed by atoms with Crippen molar-refractivity contribution in [3.05, 3.63) is 161 Å². The molecule has 0 saturated heterocycles. The van der Waals surface area contributed by atoms with Crippen LogP contribution in [0.2, 0.25) is 0 Å². The van der Waals surface area contributed by atoms with Gasteiger partial charge < -0.3 is 9.80 Å². The smallest absolute Gasteiger partial charge is 0.252 e. The van der Waals surface area contributed by atoms with Crippen LogP contribution in [0.1, 0.15) is 93.7 Å². The van der Waals surface area contributed by atoms with Crippen LogP contribution in [0.4, 0.5) is 34.1 Å².